The van der Waals surface area contributed by atoms with E-state index in [1.54, 1.807) is 18.0 Å². The zero-order valence-electron chi connectivity index (χ0n) is 18.7. The van der Waals surface area contributed by atoms with Gasteiger partial charge in [-0.25, -0.2) is 14.6 Å². The highest BCUT2D eigenvalue weighted by Gasteiger charge is 2.15. The number of halogens is 1. The summed E-state index contributed by atoms with van der Waals surface area (Å²) in [6.07, 6.45) is 3.44. The van der Waals surface area contributed by atoms with Gasteiger partial charge in [-0.2, -0.15) is 5.10 Å². The van der Waals surface area contributed by atoms with Gasteiger partial charge in [0.1, 0.15) is 6.73 Å². The summed E-state index contributed by atoms with van der Waals surface area (Å²) in [7, 11) is 3.81. The Morgan fingerprint density at radius 1 is 1.03 bits per heavy atom. The quantitative estimate of drug-likeness (QED) is 0.458. The second-order valence-electron chi connectivity index (χ2n) is 8.19. The van der Waals surface area contributed by atoms with E-state index in [1.165, 1.54) is 5.69 Å². The molecule has 0 spiro atoms. The van der Waals surface area contributed by atoms with E-state index in [9.17, 15) is 0 Å². The Bertz CT molecular complexity index is 1250. The number of fused-ring (bicyclic) bond motifs is 1. The van der Waals surface area contributed by atoms with Crippen molar-refractivity contribution in [2.24, 2.45) is 0 Å². The number of aromatic nitrogens is 4. The molecule has 0 bridgehead atoms. The van der Waals surface area contributed by atoms with Crippen LogP contribution in [0.15, 0.2) is 54.9 Å². The summed E-state index contributed by atoms with van der Waals surface area (Å²) in [5.41, 5.74) is 4.66. The number of hydrogen-bond acceptors (Lipinski definition) is 7. The molecule has 0 saturated carbocycles. The second-order valence-corrected chi connectivity index (χ2v) is 8.60. The Hall–Kier alpha value is -3.20. The molecule has 4 aromatic rings. The largest absolute Gasteiger partial charge is 0.369 e. The Morgan fingerprint density at radius 3 is 2.58 bits per heavy atom. The number of nitrogens with zero attached hydrogens (tertiary/aromatic N) is 6. The number of methoxy groups -OCH3 is 1. The van der Waals surface area contributed by atoms with Gasteiger partial charge in [0, 0.05) is 55.6 Å². The van der Waals surface area contributed by atoms with Gasteiger partial charge in [-0.05, 0) is 37.4 Å². The van der Waals surface area contributed by atoms with Crippen LogP contribution in [0.3, 0.4) is 0 Å². The number of benzene rings is 2. The van der Waals surface area contributed by atoms with E-state index in [4.69, 9.17) is 21.3 Å². The lowest BCUT2D eigenvalue weighted by molar-refractivity contribution is 0.124. The van der Waals surface area contributed by atoms with Crippen LogP contribution >= 0.6 is 11.6 Å². The number of anilines is 3. The average molecular weight is 464 g/mol. The molecule has 33 heavy (non-hydrogen) atoms. The molecule has 1 fully saturated rings. The molecule has 1 saturated heterocycles. The Labute approximate surface area is 197 Å². The minimum Gasteiger partial charge on any atom is -0.369 e. The second kappa shape index (κ2) is 9.35. The number of hydrogen-bond donors (Lipinski definition) is 1. The number of ether oxygens (including phenoxy) is 1. The highest BCUT2D eigenvalue weighted by Crippen LogP contribution is 2.30. The normalized spacial score (nSPS) is 14.7. The SMILES string of the molecule is COCn1ncc2ccc(-c3nc(Nc4ccc(N5CCN(C)CC5)cc4)ncc3Cl)cc21. The van der Waals surface area contributed by atoms with Gasteiger partial charge in [0.25, 0.3) is 0 Å². The van der Waals surface area contributed by atoms with Crippen molar-refractivity contribution in [3.8, 4) is 11.3 Å². The van der Waals surface area contributed by atoms with Crippen molar-refractivity contribution in [1.82, 2.24) is 24.6 Å². The summed E-state index contributed by atoms with van der Waals surface area (Å²) in [6.45, 7) is 4.63. The predicted octanol–water partition coefficient (Wildman–Crippen LogP) is 4.25. The first-order chi connectivity index (χ1) is 16.1. The Morgan fingerprint density at radius 2 is 1.82 bits per heavy atom. The van der Waals surface area contributed by atoms with E-state index in [2.05, 4.69) is 56.5 Å². The van der Waals surface area contributed by atoms with Gasteiger partial charge in [-0.15, -0.1) is 0 Å². The van der Waals surface area contributed by atoms with Crippen LogP contribution in [0.1, 0.15) is 0 Å². The molecule has 8 nitrogen and oxygen atoms in total. The van der Waals surface area contributed by atoms with Gasteiger partial charge in [-0.1, -0.05) is 23.7 Å². The third-order valence-corrected chi connectivity index (χ3v) is 6.18. The van der Waals surface area contributed by atoms with Gasteiger partial charge >= 0.3 is 0 Å². The van der Waals surface area contributed by atoms with Crippen LogP contribution in [0, 0.1) is 0 Å². The third-order valence-electron chi connectivity index (χ3n) is 5.91. The fraction of sp³-hybridized carbons (Fsp3) is 0.292. The molecule has 2 aromatic heterocycles. The molecule has 1 N–H and O–H groups in total. The number of piperazine rings is 1. The lowest BCUT2D eigenvalue weighted by Crippen LogP contribution is -2.44. The molecule has 170 valence electrons. The third kappa shape index (κ3) is 4.64. The summed E-state index contributed by atoms with van der Waals surface area (Å²) in [4.78, 5) is 13.8. The smallest absolute Gasteiger partial charge is 0.227 e. The van der Waals surface area contributed by atoms with Crippen LogP contribution in [0.5, 0.6) is 0 Å². The fourth-order valence-electron chi connectivity index (χ4n) is 4.02. The molecule has 1 aliphatic heterocycles. The van der Waals surface area contributed by atoms with E-state index in [-0.39, 0.29) is 0 Å². The summed E-state index contributed by atoms with van der Waals surface area (Å²) in [5.74, 6) is 0.493. The van der Waals surface area contributed by atoms with Crippen LogP contribution in [0.25, 0.3) is 22.2 Å². The maximum atomic E-state index is 6.47. The van der Waals surface area contributed by atoms with Crippen LogP contribution in [0.4, 0.5) is 17.3 Å². The minimum atomic E-state index is 0.376. The van der Waals surface area contributed by atoms with E-state index < -0.39 is 0 Å². The molecule has 0 atom stereocenters. The van der Waals surface area contributed by atoms with Crippen LogP contribution in [-0.2, 0) is 11.5 Å². The summed E-state index contributed by atoms with van der Waals surface area (Å²) in [6, 6.07) is 14.4. The first-order valence-electron chi connectivity index (χ1n) is 10.9. The standard InChI is InChI=1S/C24H26ClN7O/c1-30-9-11-31(12-10-30)20-7-5-19(6-8-20)28-24-26-15-21(25)23(29-24)17-3-4-18-14-27-32(16-33-2)22(18)13-17/h3-8,13-15H,9-12,16H2,1-2H3,(H,26,28,29). The van der Waals surface area contributed by atoms with Crippen molar-refractivity contribution in [3.05, 3.63) is 59.9 Å². The van der Waals surface area contributed by atoms with Gasteiger partial charge in [0.2, 0.25) is 5.95 Å². The fourth-order valence-corrected chi connectivity index (χ4v) is 4.22. The minimum absolute atomic E-state index is 0.376. The highest BCUT2D eigenvalue weighted by molar-refractivity contribution is 6.33. The van der Waals surface area contributed by atoms with Gasteiger partial charge in [0.15, 0.2) is 0 Å². The van der Waals surface area contributed by atoms with Gasteiger partial charge in [0.05, 0.1) is 28.6 Å². The summed E-state index contributed by atoms with van der Waals surface area (Å²) in [5, 5.41) is 9.18. The molecule has 0 unspecified atom stereocenters. The van der Waals surface area contributed by atoms with Crippen molar-refractivity contribution in [2.75, 3.05) is 50.6 Å². The predicted molar refractivity (Wildman–Crippen MR) is 132 cm³/mol. The van der Waals surface area contributed by atoms with E-state index in [0.29, 0.717) is 23.4 Å². The molecule has 2 aromatic carbocycles. The number of rotatable bonds is 6. The van der Waals surface area contributed by atoms with Gasteiger partial charge in [-0.3, -0.25) is 0 Å². The Balaban J connectivity index is 1.37. The lowest BCUT2D eigenvalue weighted by atomic mass is 10.1. The molecular formula is C24H26ClN7O. The lowest BCUT2D eigenvalue weighted by Gasteiger charge is -2.34. The topological polar surface area (TPSA) is 71.3 Å². The van der Waals surface area contributed by atoms with Gasteiger partial charge < -0.3 is 19.9 Å². The molecule has 0 aliphatic carbocycles. The van der Waals surface area contributed by atoms with Crippen LogP contribution < -0.4 is 10.2 Å². The zero-order valence-corrected chi connectivity index (χ0v) is 19.5. The molecule has 9 heteroatoms. The zero-order chi connectivity index (χ0) is 22.8. The van der Waals surface area contributed by atoms with E-state index in [0.717, 1.165) is 48.3 Å². The van der Waals surface area contributed by atoms with Crippen molar-refractivity contribution < 1.29 is 4.74 Å². The number of likely N-dealkylation sites (N-methyl/N-ethyl adjacent to an activating group) is 1. The molecular weight excluding hydrogens is 438 g/mol. The van der Waals surface area contributed by atoms with E-state index >= 15 is 0 Å². The molecule has 0 radical (unpaired) electrons. The monoisotopic (exact) mass is 463 g/mol. The Kier molecular flexibility index (Phi) is 6.13. The summed E-state index contributed by atoms with van der Waals surface area (Å²) >= 11 is 6.47. The molecule has 1 aliphatic rings. The van der Waals surface area contributed by atoms with Crippen molar-refractivity contribution in [2.45, 2.75) is 6.73 Å². The van der Waals surface area contributed by atoms with E-state index in [1.807, 2.05) is 24.4 Å². The van der Waals surface area contributed by atoms with Crippen molar-refractivity contribution in [1.29, 1.82) is 0 Å². The van der Waals surface area contributed by atoms with Crippen molar-refractivity contribution in [3.63, 3.8) is 0 Å². The maximum absolute atomic E-state index is 6.47. The van der Waals surface area contributed by atoms with Crippen LogP contribution in [-0.4, -0.2) is 65.0 Å². The number of nitrogens with one attached hydrogen (secondary N) is 1. The molecule has 5 rings (SSSR count). The van der Waals surface area contributed by atoms with Crippen LogP contribution in [0.2, 0.25) is 5.02 Å². The first-order valence-corrected chi connectivity index (χ1v) is 11.3. The highest BCUT2D eigenvalue weighted by atomic mass is 35.5. The molecule has 3 heterocycles. The van der Waals surface area contributed by atoms with Crippen molar-refractivity contribution >= 4 is 39.8 Å². The maximum Gasteiger partial charge on any atom is 0.227 e. The average Bonchev–Trinajstić information content (AvgIpc) is 3.24. The summed E-state index contributed by atoms with van der Waals surface area (Å²) < 4.78 is 7.04. The first kappa shape index (κ1) is 21.6. The molecule has 0 amide bonds.